The van der Waals surface area contributed by atoms with Gasteiger partial charge in [0.05, 0.1) is 6.04 Å². The second-order valence-electron chi connectivity index (χ2n) is 7.32. The van der Waals surface area contributed by atoms with Gasteiger partial charge in [0.1, 0.15) is 11.8 Å². The molecule has 0 saturated heterocycles. The average molecular weight is 426 g/mol. The van der Waals surface area contributed by atoms with Crippen LogP contribution in [0.1, 0.15) is 38.8 Å². The third-order valence-corrected chi connectivity index (χ3v) is 5.17. The number of rotatable bonds is 8. The van der Waals surface area contributed by atoms with Crippen molar-refractivity contribution < 1.29 is 26.7 Å². The zero-order valence-corrected chi connectivity index (χ0v) is 17.1. The molecular formula is C21H23F3NO3S-. The Bertz CT molecular complexity index is 849. The van der Waals surface area contributed by atoms with Crippen LogP contribution in [0.25, 0.3) is 11.1 Å². The van der Waals surface area contributed by atoms with E-state index >= 15 is 0 Å². The summed E-state index contributed by atoms with van der Waals surface area (Å²) >= 11 is -2.34. The molecule has 0 aliphatic rings. The summed E-state index contributed by atoms with van der Waals surface area (Å²) in [6.07, 6.45) is -4.25. The van der Waals surface area contributed by atoms with E-state index in [4.69, 9.17) is 0 Å². The summed E-state index contributed by atoms with van der Waals surface area (Å²) in [5.74, 6) is -0.264. The molecule has 0 heterocycles. The van der Waals surface area contributed by atoms with Crippen LogP contribution in [-0.4, -0.2) is 26.8 Å². The molecular weight excluding hydrogens is 403 g/mol. The van der Waals surface area contributed by atoms with Gasteiger partial charge in [-0.3, -0.25) is 14.3 Å². The maximum Gasteiger partial charge on any atom is 0.407 e. The molecule has 1 N–H and O–H groups in total. The van der Waals surface area contributed by atoms with E-state index in [0.29, 0.717) is 17.5 Å². The van der Waals surface area contributed by atoms with Crippen LogP contribution in [0.4, 0.5) is 13.2 Å². The summed E-state index contributed by atoms with van der Waals surface area (Å²) in [6.45, 7) is 4.99. The van der Waals surface area contributed by atoms with Crippen LogP contribution < -0.4 is 5.32 Å². The number of alkyl halides is 3. The van der Waals surface area contributed by atoms with Gasteiger partial charge < -0.3 is 4.55 Å². The van der Waals surface area contributed by atoms with Crippen LogP contribution in [0.15, 0.2) is 53.4 Å². The number of nitrogens with one attached hydrogen (secondary N) is 1. The van der Waals surface area contributed by atoms with Crippen LogP contribution in [-0.2, 0) is 15.9 Å². The Morgan fingerprint density at radius 2 is 1.52 bits per heavy atom. The molecule has 2 aromatic rings. The Morgan fingerprint density at radius 1 is 1.03 bits per heavy atom. The highest BCUT2D eigenvalue weighted by Crippen LogP contribution is 2.34. The van der Waals surface area contributed by atoms with Crippen molar-refractivity contribution in [1.29, 1.82) is 0 Å². The minimum atomic E-state index is -4.56. The van der Waals surface area contributed by atoms with E-state index in [9.17, 15) is 26.7 Å². The van der Waals surface area contributed by atoms with Crippen LogP contribution in [0, 0.1) is 5.92 Å². The summed E-state index contributed by atoms with van der Waals surface area (Å²) < 4.78 is 62.9. The van der Waals surface area contributed by atoms with Gasteiger partial charge >= 0.3 is 6.18 Å². The van der Waals surface area contributed by atoms with E-state index in [1.54, 1.807) is 24.3 Å². The number of ketones is 1. The molecule has 4 nitrogen and oxygen atoms in total. The number of hydrogen-bond acceptors (Lipinski definition) is 4. The Balaban J connectivity index is 2.28. The van der Waals surface area contributed by atoms with Gasteiger partial charge in [0.2, 0.25) is 0 Å². The van der Waals surface area contributed by atoms with Gasteiger partial charge in [-0.25, -0.2) is 0 Å². The topological polar surface area (TPSA) is 69.2 Å². The molecule has 0 amide bonds. The van der Waals surface area contributed by atoms with Crippen molar-refractivity contribution in [3.05, 3.63) is 54.1 Å². The average Bonchev–Trinajstić information content (AvgIpc) is 2.64. The first-order valence-electron chi connectivity index (χ1n) is 9.12. The van der Waals surface area contributed by atoms with E-state index in [-0.39, 0.29) is 22.2 Å². The molecule has 1 unspecified atom stereocenters. The van der Waals surface area contributed by atoms with Crippen molar-refractivity contribution in [1.82, 2.24) is 5.32 Å². The Labute approximate surface area is 170 Å². The Hall–Kier alpha value is -2.03. The maximum atomic E-state index is 13.7. The number of hydrogen-bond donors (Lipinski definition) is 1. The lowest BCUT2D eigenvalue weighted by Gasteiger charge is -2.27. The maximum absolute atomic E-state index is 13.7. The molecule has 0 aliphatic carbocycles. The first-order chi connectivity index (χ1) is 13.5. The SMILES string of the molecule is CC(=O)[C@H](CC(C)C)N[C@@H](c1ccc(-c2ccc(S(=O)[O-])cc2)cc1)C(F)(F)F. The van der Waals surface area contributed by atoms with Gasteiger partial charge in [-0.2, -0.15) is 13.2 Å². The van der Waals surface area contributed by atoms with Crippen LogP contribution in [0.3, 0.4) is 0 Å². The van der Waals surface area contributed by atoms with Gasteiger partial charge in [-0.1, -0.05) is 50.2 Å². The number of carbonyl (C=O) groups excluding carboxylic acids is 1. The van der Waals surface area contributed by atoms with E-state index in [0.717, 1.165) is 0 Å². The van der Waals surface area contributed by atoms with Gasteiger partial charge in [0.15, 0.2) is 0 Å². The Morgan fingerprint density at radius 3 is 1.90 bits per heavy atom. The monoisotopic (exact) mass is 426 g/mol. The van der Waals surface area contributed by atoms with Gasteiger partial charge in [0.25, 0.3) is 0 Å². The number of halogens is 3. The fourth-order valence-electron chi connectivity index (χ4n) is 3.03. The summed E-state index contributed by atoms with van der Waals surface area (Å²) in [7, 11) is 0. The number of Topliss-reactive ketones (excluding diaryl/α,β-unsaturated/α-hetero) is 1. The second-order valence-corrected chi connectivity index (χ2v) is 8.26. The highest BCUT2D eigenvalue weighted by atomic mass is 32.2. The largest absolute Gasteiger partial charge is 0.768 e. The fraction of sp³-hybridized carbons (Fsp3) is 0.381. The van der Waals surface area contributed by atoms with Crippen molar-refractivity contribution in [3.63, 3.8) is 0 Å². The Kier molecular flexibility index (Phi) is 7.73. The molecule has 0 saturated carbocycles. The van der Waals surface area contributed by atoms with Crippen LogP contribution >= 0.6 is 0 Å². The number of benzene rings is 2. The molecule has 2 rings (SSSR count). The standard InChI is InChI=1S/C21H24F3NO3S/c1-13(2)12-19(14(3)26)25-20(21(22,23)24)17-6-4-15(5-7-17)16-8-10-18(11-9-16)29(27)28/h4-11,13,19-20,25H,12H2,1-3H3,(H,27,28)/p-1/t19-,20-/m0/s1. The minimum absolute atomic E-state index is 0.00791. The normalized spacial score (nSPS) is 15.2. The molecule has 0 fully saturated rings. The molecule has 0 spiro atoms. The van der Waals surface area contributed by atoms with Gasteiger partial charge in [-0.15, -0.1) is 0 Å². The van der Waals surface area contributed by atoms with Crippen molar-refractivity contribution in [2.45, 2.75) is 50.3 Å². The second kappa shape index (κ2) is 9.65. The quantitative estimate of drug-likeness (QED) is 0.617. The molecule has 29 heavy (non-hydrogen) atoms. The predicted octanol–water partition coefficient (Wildman–Crippen LogP) is 4.79. The van der Waals surface area contributed by atoms with Crippen molar-refractivity contribution in [2.24, 2.45) is 5.92 Å². The zero-order valence-electron chi connectivity index (χ0n) is 16.3. The molecule has 0 radical (unpaired) electrons. The lowest BCUT2D eigenvalue weighted by atomic mass is 9.96. The third kappa shape index (κ3) is 6.48. The molecule has 0 aliphatic heterocycles. The van der Waals surface area contributed by atoms with E-state index < -0.39 is 29.3 Å². The van der Waals surface area contributed by atoms with E-state index in [1.807, 2.05) is 13.8 Å². The lowest BCUT2D eigenvalue weighted by Crippen LogP contribution is -2.44. The lowest BCUT2D eigenvalue weighted by molar-refractivity contribution is -0.160. The molecule has 8 heteroatoms. The van der Waals surface area contributed by atoms with Crippen molar-refractivity contribution in [2.75, 3.05) is 0 Å². The first kappa shape index (κ1) is 23.3. The van der Waals surface area contributed by atoms with Crippen LogP contribution in [0.5, 0.6) is 0 Å². The molecule has 158 valence electrons. The fourth-order valence-corrected chi connectivity index (χ4v) is 3.39. The van der Waals surface area contributed by atoms with E-state index in [1.165, 1.54) is 31.2 Å². The van der Waals surface area contributed by atoms with Gasteiger partial charge in [0, 0.05) is 4.90 Å². The summed E-state index contributed by atoms with van der Waals surface area (Å²) in [6, 6.07) is 9.01. The number of carbonyl (C=O) groups is 1. The van der Waals surface area contributed by atoms with Gasteiger partial charge in [-0.05, 0) is 59.2 Å². The van der Waals surface area contributed by atoms with Crippen LogP contribution in [0.2, 0.25) is 0 Å². The zero-order chi connectivity index (χ0) is 21.8. The van der Waals surface area contributed by atoms with Crippen molar-refractivity contribution >= 4 is 16.9 Å². The van der Waals surface area contributed by atoms with Crippen molar-refractivity contribution in [3.8, 4) is 11.1 Å². The third-order valence-electron chi connectivity index (χ3n) is 4.52. The summed E-state index contributed by atoms with van der Waals surface area (Å²) in [5, 5.41) is 2.48. The molecule has 2 aromatic carbocycles. The summed E-state index contributed by atoms with van der Waals surface area (Å²) in [5.41, 5.74) is 1.35. The smallest absolute Gasteiger partial charge is 0.407 e. The first-order valence-corrected chi connectivity index (χ1v) is 10.2. The predicted molar refractivity (Wildman–Crippen MR) is 105 cm³/mol. The molecule has 3 atom stereocenters. The summed E-state index contributed by atoms with van der Waals surface area (Å²) in [4.78, 5) is 11.9. The van der Waals surface area contributed by atoms with E-state index in [2.05, 4.69) is 5.32 Å². The molecule has 0 aromatic heterocycles. The highest BCUT2D eigenvalue weighted by Gasteiger charge is 2.42. The minimum Gasteiger partial charge on any atom is -0.768 e. The molecule has 0 bridgehead atoms. The highest BCUT2D eigenvalue weighted by molar-refractivity contribution is 7.79.